The van der Waals surface area contributed by atoms with Crippen molar-refractivity contribution in [3.63, 3.8) is 0 Å². The van der Waals surface area contributed by atoms with E-state index in [9.17, 15) is 0 Å². The molecule has 0 heterocycles. The molecule has 0 bridgehead atoms. The lowest BCUT2D eigenvalue weighted by atomic mass is 10.3. The van der Waals surface area contributed by atoms with E-state index in [4.69, 9.17) is 28.4 Å². The van der Waals surface area contributed by atoms with Crippen molar-refractivity contribution in [3.8, 4) is 5.75 Å². The maximum absolute atomic E-state index is 8.74. The molecule has 0 aromatic heterocycles. The van der Waals surface area contributed by atoms with Crippen molar-refractivity contribution in [2.24, 2.45) is 0 Å². The molecule has 0 saturated carbocycles. The van der Waals surface area contributed by atoms with Crippen molar-refractivity contribution in [1.29, 1.82) is 0 Å². The summed E-state index contributed by atoms with van der Waals surface area (Å²) >= 11 is 0. The molecule has 0 spiro atoms. The van der Waals surface area contributed by atoms with E-state index in [1.54, 1.807) is 18.2 Å². The summed E-state index contributed by atoms with van der Waals surface area (Å²) < 4.78 is 31.6. The van der Waals surface area contributed by atoms with Gasteiger partial charge in [-0.15, -0.1) is 0 Å². The summed E-state index contributed by atoms with van der Waals surface area (Å²) in [5.41, 5.74) is 5.89. The minimum absolute atomic E-state index is 0.213. The van der Waals surface area contributed by atoms with Crippen molar-refractivity contribution < 1.29 is 22.6 Å². The second-order valence-electron chi connectivity index (χ2n) is 2.04. The molecule has 1 aromatic carbocycles. The summed E-state index contributed by atoms with van der Waals surface area (Å²) in [7, 11) is -4.67. The fraction of sp³-hybridized carbons (Fsp3) is 0. The van der Waals surface area contributed by atoms with Crippen LogP contribution >= 0.6 is 0 Å². The zero-order valence-electron chi connectivity index (χ0n) is 6.45. The first kappa shape index (κ1) is 11.7. The summed E-state index contributed by atoms with van der Waals surface area (Å²) in [6.07, 6.45) is 0. The highest BCUT2D eigenvalue weighted by molar-refractivity contribution is 7.79. The van der Waals surface area contributed by atoms with E-state index in [1.807, 2.05) is 0 Å². The molecule has 0 aliphatic heterocycles. The Balaban J connectivity index is 0.000000252. The van der Waals surface area contributed by atoms with Crippen LogP contribution in [0.2, 0.25) is 0 Å². The van der Waals surface area contributed by atoms with Gasteiger partial charge in [0.25, 0.3) is 0 Å². The zero-order valence-corrected chi connectivity index (χ0v) is 7.27. The average molecular weight is 207 g/mol. The fourth-order valence-electron chi connectivity index (χ4n) is 0.525. The van der Waals surface area contributed by atoms with Gasteiger partial charge in [-0.3, -0.25) is 9.11 Å². The largest absolute Gasteiger partial charge is 0.508 e. The lowest BCUT2D eigenvalue weighted by molar-refractivity contribution is 0.381. The predicted molar refractivity (Wildman–Crippen MR) is 46.7 cm³/mol. The molecular formula is C6H9NO5S. The second kappa shape index (κ2) is 4.65. The second-order valence-corrected chi connectivity index (χ2v) is 2.94. The lowest BCUT2D eigenvalue weighted by Gasteiger charge is -1.90. The molecule has 1 aromatic rings. The molecule has 0 atom stereocenters. The van der Waals surface area contributed by atoms with Crippen LogP contribution in [-0.4, -0.2) is 22.6 Å². The number of hydrogen-bond acceptors (Lipinski definition) is 4. The van der Waals surface area contributed by atoms with Gasteiger partial charge in [0.05, 0.1) is 0 Å². The molecular weight excluding hydrogens is 198 g/mol. The summed E-state index contributed by atoms with van der Waals surface area (Å²) in [6.45, 7) is 0. The lowest BCUT2D eigenvalue weighted by Crippen LogP contribution is -1.89. The fourth-order valence-corrected chi connectivity index (χ4v) is 0.525. The Labute approximate surface area is 75.2 Å². The van der Waals surface area contributed by atoms with E-state index in [0.717, 1.165) is 0 Å². The minimum Gasteiger partial charge on any atom is -0.508 e. The van der Waals surface area contributed by atoms with Crippen LogP contribution in [0.4, 0.5) is 5.69 Å². The van der Waals surface area contributed by atoms with Crippen molar-refractivity contribution in [1.82, 2.24) is 0 Å². The first-order valence-electron chi connectivity index (χ1n) is 3.03. The van der Waals surface area contributed by atoms with Crippen LogP contribution in [0.5, 0.6) is 5.75 Å². The number of nitrogen functional groups attached to an aromatic ring is 1. The van der Waals surface area contributed by atoms with E-state index in [2.05, 4.69) is 0 Å². The van der Waals surface area contributed by atoms with Crippen molar-refractivity contribution in [2.75, 3.05) is 5.73 Å². The van der Waals surface area contributed by atoms with Gasteiger partial charge in [0.15, 0.2) is 0 Å². The monoisotopic (exact) mass is 207 g/mol. The van der Waals surface area contributed by atoms with E-state index in [1.165, 1.54) is 6.07 Å². The van der Waals surface area contributed by atoms with Crippen LogP contribution in [0.1, 0.15) is 0 Å². The third-order valence-electron chi connectivity index (χ3n) is 0.870. The van der Waals surface area contributed by atoms with Gasteiger partial charge < -0.3 is 10.8 Å². The van der Waals surface area contributed by atoms with Crippen molar-refractivity contribution in [3.05, 3.63) is 24.3 Å². The molecule has 0 unspecified atom stereocenters. The van der Waals surface area contributed by atoms with Gasteiger partial charge in [-0.2, -0.15) is 8.42 Å². The highest BCUT2D eigenvalue weighted by Gasteiger charge is 1.85. The Morgan fingerprint density at radius 3 is 1.92 bits per heavy atom. The number of phenols is 1. The number of anilines is 1. The maximum Gasteiger partial charge on any atom is 0.394 e. The summed E-state index contributed by atoms with van der Waals surface area (Å²) in [5, 5.41) is 8.73. The first-order valence-corrected chi connectivity index (χ1v) is 4.43. The normalized spacial score (nSPS) is 10.0. The average Bonchev–Trinajstić information content (AvgIpc) is 1.81. The number of phenolic OH excluding ortho intramolecular Hbond substituents is 1. The van der Waals surface area contributed by atoms with Crippen LogP contribution in [0, 0.1) is 0 Å². The van der Waals surface area contributed by atoms with Crippen LogP contribution < -0.4 is 5.73 Å². The van der Waals surface area contributed by atoms with Gasteiger partial charge in [-0.25, -0.2) is 0 Å². The first-order chi connectivity index (χ1) is 5.79. The highest BCUT2D eigenvalue weighted by Crippen LogP contribution is 2.10. The standard InChI is InChI=1S/C6H7NO.H2O4S/c7-5-2-1-3-6(8)4-5;1-5(2,3)4/h1-4,8H,7H2;(H2,1,2,3,4). The molecule has 6 nitrogen and oxygen atoms in total. The zero-order chi connectivity index (χ0) is 10.5. The molecule has 0 radical (unpaired) electrons. The highest BCUT2D eigenvalue weighted by atomic mass is 32.3. The van der Waals surface area contributed by atoms with Crippen molar-refractivity contribution in [2.45, 2.75) is 0 Å². The number of nitrogens with two attached hydrogens (primary N) is 1. The van der Waals surface area contributed by atoms with Crippen LogP contribution in [0.3, 0.4) is 0 Å². The molecule has 0 aliphatic carbocycles. The third kappa shape index (κ3) is 10.7. The van der Waals surface area contributed by atoms with Crippen LogP contribution in [-0.2, 0) is 10.4 Å². The molecule has 1 rings (SSSR count). The van der Waals surface area contributed by atoms with Gasteiger partial charge in [0, 0.05) is 11.8 Å². The topological polar surface area (TPSA) is 121 Å². The van der Waals surface area contributed by atoms with Gasteiger partial charge in [-0.05, 0) is 12.1 Å². The van der Waals surface area contributed by atoms with Gasteiger partial charge in [-0.1, -0.05) is 6.07 Å². The van der Waals surface area contributed by atoms with E-state index in [-0.39, 0.29) is 5.75 Å². The number of aromatic hydroxyl groups is 1. The molecule has 0 saturated heterocycles. The number of rotatable bonds is 0. The Morgan fingerprint density at radius 1 is 1.23 bits per heavy atom. The number of hydrogen-bond donors (Lipinski definition) is 4. The Kier molecular flexibility index (Phi) is 4.18. The minimum atomic E-state index is -4.67. The van der Waals surface area contributed by atoms with E-state index in [0.29, 0.717) is 5.69 Å². The Bertz CT molecular complexity index is 336. The summed E-state index contributed by atoms with van der Waals surface area (Å²) in [6, 6.07) is 6.50. The predicted octanol–water partition coefficient (Wildman–Crippen LogP) is 0.322. The third-order valence-corrected chi connectivity index (χ3v) is 0.870. The molecule has 0 aliphatic rings. The molecule has 74 valence electrons. The quantitative estimate of drug-likeness (QED) is 0.359. The van der Waals surface area contributed by atoms with Crippen molar-refractivity contribution >= 4 is 16.1 Å². The van der Waals surface area contributed by atoms with Crippen LogP contribution in [0.15, 0.2) is 24.3 Å². The van der Waals surface area contributed by atoms with Gasteiger partial charge >= 0.3 is 10.4 Å². The molecule has 13 heavy (non-hydrogen) atoms. The van der Waals surface area contributed by atoms with Gasteiger partial charge in [0.2, 0.25) is 0 Å². The van der Waals surface area contributed by atoms with E-state index >= 15 is 0 Å². The number of benzene rings is 1. The van der Waals surface area contributed by atoms with Gasteiger partial charge in [0.1, 0.15) is 5.75 Å². The van der Waals surface area contributed by atoms with Crippen LogP contribution in [0.25, 0.3) is 0 Å². The maximum atomic E-state index is 8.74. The SMILES string of the molecule is Nc1cccc(O)c1.O=S(=O)(O)O. The Hall–Kier alpha value is -1.31. The summed E-state index contributed by atoms with van der Waals surface area (Å²) in [4.78, 5) is 0. The Morgan fingerprint density at radius 2 is 1.69 bits per heavy atom. The smallest absolute Gasteiger partial charge is 0.394 e. The van der Waals surface area contributed by atoms with E-state index < -0.39 is 10.4 Å². The molecule has 0 amide bonds. The molecule has 0 fully saturated rings. The summed E-state index contributed by atoms with van der Waals surface area (Å²) in [5.74, 6) is 0.213. The molecule has 5 N–H and O–H groups in total. The molecule has 7 heteroatoms.